The number of aromatic nitrogens is 2. The minimum Gasteiger partial charge on any atom is -0.383 e. The van der Waals surface area contributed by atoms with Crippen LogP contribution in [0, 0.1) is 0 Å². The number of nitrogens with zero attached hydrogens (tertiary/aromatic N) is 3. The molecule has 3 N–H and O–H groups in total. The Kier molecular flexibility index (Phi) is 4.39. The molecular formula is C12H21N5O2. The summed E-state index contributed by atoms with van der Waals surface area (Å²) in [5.41, 5.74) is 6.16. The summed E-state index contributed by atoms with van der Waals surface area (Å²) in [6.45, 7) is 6.13. The molecule has 2 heterocycles. The van der Waals surface area contributed by atoms with Gasteiger partial charge in [0.05, 0.1) is 18.9 Å². The van der Waals surface area contributed by atoms with Crippen molar-refractivity contribution >= 4 is 11.7 Å². The van der Waals surface area contributed by atoms with E-state index in [4.69, 9.17) is 10.5 Å². The van der Waals surface area contributed by atoms with E-state index in [1.54, 1.807) is 7.05 Å². The number of carbonyl (C=O) groups excluding carboxylic acids is 1. The number of nitrogens with one attached hydrogen (secondary N) is 1. The molecule has 19 heavy (non-hydrogen) atoms. The maximum absolute atomic E-state index is 12.0. The molecule has 7 heteroatoms. The first-order chi connectivity index (χ1) is 9.11. The first-order valence-corrected chi connectivity index (χ1v) is 6.51. The van der Waals surface area contributed by atoms with Crippen LogP contribution < -0.4 is 11.1 Å². The standard InChI is InChI=1S/C12H21N5O2/c1-3-17-4-5-19-9(8-17)6-14-12(18)10-7-15-16(2)11(10)13/h7,9H,3-6,8,13H2,1-2H3,(H,14,18). The zero-order valence-corrected chi connectivity index (χ0v) is 11.4. The van der Waals surface area contributed by atoms with E-state index in [1.165, 1.54) is 10.9 Å². The molecular weight excluding hydrogens is 246 g/mol. The van der Waals surface area contributed by atoms with Gasteiger partial charge in [0.2, 0.25) is 0 Å². The first-order valence-electron chi connectivity index (χ1n) is 6.51. The lowest BCUT2D eigenvalue weighted by atomic mass is 10.2. The molecule has 0 bridgehead atoms. The first kappa shape index (κ1) is 13.8. The third-order valence-electron chi connectivity index (χ3n) is 3.39. The van der Waals surface area contributed by atoms with E-state index in [9.17, 15) is 4.79 Å². The summed E-state index contributed by atoms with van der Waals surface area (Å²) in [4.78, 5) is 14.3. The molecule has 1 unspecified atom stereocenters. The van der Waals surface area contributed by atoms with Crippen LogP contribution in [0.1, 0.15) is 17.3 Å². The van der Waals surface area contributed by atoms with Crippen molar-refractivity contribution in [2.45, 2.75) is 13.0 Å². The Hall–Kier alpha value is -1.60. The highest BCUT2D eigenvalue weighted by Gasteiger charge is 2.21. The molecule has 0 saturated carbocycles. The van der Waals surface area contributed by atoms with Gasteiger partial charge in [-0.2, -0.15) is 5.10 Å². The van der Waals surface area contributed by atoms with Crippen LogP contribution >= 0.6 is 0 Å². The number of nitrogens with two attached hydrogens (primary N) is 1. The van der Waals surface area contributed by atoms with Crippen molar-refractivity contribution in [2.75, 3.05) is 38.5 Å². The van der Waals surface area contributed by atoms with Gasteiger partial charge in [-0.3, -0.25) is 14.4 Å². The van der Waals surface area contributed by atoms with Crippen molar-refractivity contribution in [2.24, 2.45) is 7.05 Å². The molecule has 1 fully saturated rings. The second-order valence-corrected chi connectivity index (χ2v) is 4.66. The van der Waals surface area contributed by atoms with E-state index >= 15 is 0 Å². The largest absolute Gasteiger partial charge is 0.383 e. The Labute approximate surface area is 112 Å². The normalized spacial score (nSPS) is 20.4. The van der Waals surface area contributed by atoms with Gasteiger partial charge in [-0.1, -0.05) is 6.92 Å². The lowest BCUT2D eigenvalue weighted by molar-refractivity contribution is -0.0246. The zero-order valence-electron chi connectivity index (χ0n) is 11.4. The van der Waals surface area contributed by atoms with E-state index in [1.807, 2.05) is 0 Å². The fourth-order valence-electron chi connectivity index (χ4n) is 2.11. The van der Waals surface area contributed by atoms with E-state index in [2.05, 4.69) is 22.2 Å². The van der Waals surface area contributed by atoms with E-state index in [0.29, 0.717) is 24.5 Å². The minimum absolute atomic E-state index is 0.0375. The Morgan fingerprint density at radius 2 is 2.47 bits per heavy atom. The second-order valence-electron chi connectivity index (χ2n) is 4.66. The molecule has 1 aliphatic heterocycles. The van der Waals surface area contributed by atoms with Crippen molar-refractivity contribution in [3.8, 4) is 0 Å². The van der Waals surface area contributed by atoms with Crippen LogP contribution in [0.25, 0.3) is 0 Å². The molecule has 7 nitrogen and oxygen atoms in total. The quantitative estimate of drug-likeness (QED) is 0.765. The average Bonchev–Trinajstić information content (AvgIpc) is 2.77. The van der Waals surface area contributed by atoms with Crippen molar-refractivity contribution in [3.63, 3.8) is 0 Å². The van der Waals surface area contributed by atoms with Crippen LogP contribution in [0.3, 0.4) is 0 Å². The number of nitrogen functional groups attached to an aromatic ring is 1. The summed E-state index contributed by atoms with van der Waals surface area (Å²) in [7, 11) is 1.70. The van der Waals surface area contributed by atoms with Gasteiger partial charge in [-0.15, -0.1) is 0 Å². The number of hydrogen-bond acceptors (Lipinski definition) is 5. The third kappa shape index (κ3) is 3.24. The summed E-state index contributed by atoms with van der Waals surface area (Å²) in [5, 5.41) is 6.79. The molecule has 1 aliphatic rings. The van der Waals surface area contributed by atoms with Gasteiger partial charge in [0, 0.05) is 26.7 Å². The summed E-state index contributed by atoms with van der Waals surface area (Å²) in [6.07, 6.45) is 1.51. The second kappa shape index (κ2) is 6.03. The number of rotatable bonds is 4. The number of ether oxygens (including phenoxy) is 1. The SMILES string of the molecule is CCN1CCOC(CNC(=O)c2cnn(C)c2N)C1. The number of morpholine rings is 1. The smallest absolute Gasteiger partial charge is 0.256 e. The van der Waals surface area contributed by atoms with Crippen LogP contribution in [-0.4, -0.2) is 59.5 Å². The molecule has 2 rings (SSSR count). The fraction of sp³-hybridized carbons (Fsp3) is 0.667. The molecule has 0 radical (unpaired) electrons. The maximum atomic E-state index is 12.0. The monoisotopic (exact) mass is 267 g/mol. The number of carbonyl (C=O) groups is 1. The van der Waals surface area contributed by atoms with Gasteiger partial charge in [0.25, 0.3) is 5.91 Å². The Morgan fingerprint density at radius 1 is 1.68 bits per heavy atom. The predicted molar refractivity (Wildman–Crippen MR) is 71.8 cm³/mol. The van der Waals surface area contributed by atoms with Gasteiger partial charge in [0.1, 0.15) is 11.4 Å². The van der Waals surface area contributed by atoms with Crippen LogP contribution in [0.5, 0.6) is 0 Å². The zero-order chi connectivity index (χ0) is 13.8. The lowest BCUT2D eigenvalue weighted by Crippen LogP contribution is -2.47. The Morgan fingerprint density at radius 3 is 3.11 bits per heavy atom. The number of aryl methyl sites for hydroxylation is 1. The number of likely N-dealkylation sites (N-methyl/N-ethyl adjacent to an activating group) is 1. The number of anilines is 1. The van der Waals surface area contributed by atoms with Gasteiger partial charge in [0.15, 0.2) is 0 Å². The Balaban J connectivity index is 1.85. The predicted octanol–water partition coefficient (Wildman–Crippen LogP) is -0.547. The maximum Gasteiger partial charge on any atom is 0.256 e. The molecule has 1 saturated heterocycles. The summed E-state index contributed by atoms with van der Waals surface area (Å²) in [6, 6.07) is 0. The van der Waals surface area contributed by atoms with Gasteiger partial charge < -0.3 is 15.8 Å². The molecule has 1 atom stereocenters. The van der Waals surface area contributed by atoms with Crippen molar-refractivity contribution < 1.29 is 9.53 Å². The minimum atomic E-state index is -0.206. The topological polar surface area (TPSA) is 85.4 Å². The van der Waals surface area contributed by atoms with E-state index in [-0.39, 0.29) is 12.0 Å². The summed E-state index contributed by atoms with van der Waals surface area (Å²) >= 11 is 0. The summed E-state index contributed by atoms with van der Waals surface area (Å²) < 4.78 is 7.10. The highest BCUT2D eigenvalue weighted by atomic mass is 16.5. The molecule has 0 aliphatic carbocycles. The van der Waals surface area contributed by atoms with Gasteiger partial charge in [-0.25, -0.2) is 0 Å². The molecule has 0 aromatic carbocycles. The van der Waals surface area contributed by atoms with Crippen molar-refractivity contribution in [3.05, 3.63) is 11.8 Å². The van der Waals surface area contributed by atoms with E-state index in [0.717, 1.165) is 19.6 Å². The third-order valence-corrected chi connectivity index (χ3v) is 3.39. The average molecular weight is 267 g/mol. The molecule has 1 amide bonds. The molecule has 0 spiro atoms. The highest BCUT2D eigenvalue weighted by molar-refractivity contribution is 5.98. The van der Waals surface area contributed by atoms with E-state index < -0.39 is 0 Å². The van der Waals surface area contributed by atoms with Crippen molar-refractivity contribution in [1.29, 1.82) is 0 Å². The summed E-state index contributed by atoms with van der Waals surface area (Å²) in [5.74, 6) is 0.167. The van der Waals surface area contributed by atoms with Gasteiger partial charge in [-0.05, 0) is 6.54 Å². The molecule has 1 aromatic rings. The number of amides is 1. The molecule has 1 aromatic heterocycles. The highest BCUT2D eigenvalue weighted by Crippen LogP contribution is 2.09. The molecule has 106 valence electrons. The van der Waals surface area contributed by atoms with Crippen LogP contribution in [0.4, 0.5) is 5.82 Å². The lowest BCUT2D eigenvalue weighted by Gasteiger charge is -2.32. The number of hydrogen-bond donors (Lipinski definition) is 2. The van der Waals surface area contributed by atoms with Gasteiger partial charge >= 0.3 is 0 Å². The van der Waals surface area contributed by atoms with Crippen LogP contribution in [0.2, 0.25) is 0 Å². The van der Waals surface area contributed by atoms with Crippen molar-refractivity contribution in [1.82, 2.24) is 20.0 Å². The fourth-order valence-corrected chi connectivity index (χ4v) is 2.11. The van der Waals surface area contributed by atoms with Crippen LogP contribution in [0.15, 0.2) is 6.20 Å². The Bertz CT molecular complexity index is 445. The van der Waals surface area contributed by atoms with Crippen LogP contribution in [-0.2, 0) is 11.8 Å².